The van der Waals surface area contributed by atoms with Crippen LogP contribution in [0.5, 0.6) is 5.75 Å². The third kappa shape index (κ3) is 4.44. The maximum absolute atomic E-state index is 12.8. The van der Waals surface area contributed by atoms with E-state index in [1.165, 1.54) is 24.3 Å². The van der Waals surface area contributed by atoms with Crippen molar-refractivity contribution in [1.29, 1.82) is 0 Å². The molecule has 0 atom stereocenters. The summed E-state index contributed by atoms with van der Waals surface area (Å²) >= 11 is 0. The van der Waals surface area contributed by atoms with Crippen LogP contribution in [0.1, 0.15) is 11.7 Å². The van der Waals surface area contributed by atoms with Crippen molar-refractivity contribution in [2.75, 3.05) is 6.61 Å². The maximum Gasteiger partial charge on any atom is 0.258 e. The van der Waals surface area contributed by atoms with Crippen LogP contribution < -0.4 is 10.1 Å². The molecule has 128 valence electrons. The van der Waals surface area contributed by atoms with Gasteiger partial charge in [0.15, 0.2) is 6.61 Å². The lowest BCUT2D eigenvalue weighted by Crippen LogP contribution is -2.28. The van der Waals surface area contributed by atoms with Gasteiger partial charge in [-0.3, -0.25) is 4.79 Å². The lowest BCUT2D eigenvalue weighted by atomic mass is 10.1. The van der Waals surface area contributed by atoms with Crippen LogP contribution in [0.2, 0.25) is 0 Å². The summed E-state index contributed by atoms with van der Waals surface area (Å²) in [4.78, 5) is 16.3. The maximum atomic E-state index is 12.8. The molecule has 3 rings (SSSR count). The number of halogens is 1. The first-order chi connectivity index (χ1) is 12.1. The van der Waals surface area contributed by atoms with Crippen molar-refractivity contribution in [1.82, 2.24) is 10.3 Å². The van der Waals surface area contributed by atoms with Gasteiger partial charge in [-0.1, -0.05) is 30.3 Å². The zero-order valence-electron chi connectivity index (χ0n) is 13.7. The quantitative estimate of drug-likeness (QED) is 0.746. The number of carbonyl (C=O) groups is 1. The van der Waals surface area contributed by atoms with Gasteiger partial charge in [0.1, 0.15) is 23.0 Å². The number of ether oxygens (including phenoxy) is 1. The first-order valence-electron chi connectivity index (χ1n) is 7.78. The fraction of sp³-hybridized carbons (Fsp3) is 0.158. The molecule has 0 unspecified atom stereocenters. The molecule has 3 aromatic rings. The number of amides is 1. The van der Waals surface area contributed by atoms with E-state index in [-0.39, 0.29) is 24.9 Å². The number of aryl methyl sites for hydroxylation is 1. The van der Waals surface area contributed by atoms with E-state index in [0.29, 0.717) is 17.4 Å². The van der Waals surface area contributed by atoms with E-state index in [1.807, 2.05) is 37.3 Å². The van der Waals surface area contributed by atoms with Crippen LogP contribution in [-0.2, 0) is 11.3 Å². The summed E-state index contributed by atoms with van der Waals surface area (Å²) in [6, 6.07) is 15.2. The van der Waals surface area contributed by atoms with E-state index in [1.54, 1.807) is 0 Å². The van der Waals surface area contributed by atoms with Crippen LogP contribution in [0.3, 0.4) is 0 Å². The lowest BCUT2D eigenvalue weighted by Gasteiger charge is -2.06. The zero-order chi connectivity index (χ0) is 17.6. The standard InChI is InChI=1S/C19H17FN2O3/c1-13-19(14-5-3-2-4-6-14)22-18(25-13)11-21-17(23)12-24-16-9-7-15(20)8-10-16/h2-10H,11-12H2,1H3,(H,21,23). The number of benzene rings is 2. The Labute approximate surface area is 144 Å². The van der Waals surface area contributed by atoms with E-state index in [9.17, 15) is 9.18 Å². The summed E-state index contributed by atoms with van der Waals surface area (Å²) in [5.74, 6) is 0.867. The van der Waals surface area contributed by atoms with E-state index in [4.69, 9.17) is 9.15 Å². The first kappa shape index (κ1) is 16.7. The molecule has 0 spiro atoms. The van der Waals surface area contributed by atoms with Gasteiger partial charge in [0, 0.05) is 5.56 Å². The van der Waals surface area contributed by atoms with Gasteiger partial charge in [-0.05, 0) is 31.2 Å². The summed E-state index contributed by atoms with van der Waals surface area (Å²) in [7, 11) is 0. The molecule has 0 aliphatic rings. The molecule has 2 aromatic carbocycles. The second-order valence-electron chi connectivity index (χ2n) is 5.40. The lowest BCUT2D eigenvalue weighted by molar-refractivity contribution is -0.123. The Morgan fingerprint density at radius 2 is 1.88 bits per heavy atom. The Kier molecular flexibility index (Phi) is 5.09. The van der Waals surface area contributed by atoms with Crippen molar-refractivity contribution >= 4 is 5.91 Å². The fourth-order valence-electron chi connectivity index (χ4n) is 2.30. The van der Waals surface area contributed by atoms with E-state index in [2.05, 4.69) is 10.3 Å². The van der Waals surface area contributed by atoms with E-state index in [0.717, 1.165) is 11.3 Å². The predicted molar refractivity (Wildman–Crippen MR) is 90.4 cm³/mol. The molecule has 1 aromatic heterocycles. The van der Waals surface area contributed by atoms with Crippen LogP contribution in [-0.4, -0.2) is 17.5 Å². The number of oxazole rings is 1. The average Bonchev–Trinajstić information content (AvgIpc) is 3.01. The number of aromatic nitrogens is 1. The van der Waals surface area contributed by atoms with Crippen molar-refractivity contribution in [2.24, 2.45) is 0 Å². The predicted octanol–water partition coefficient (Wildman–Crippen LogP) is 3.48. The summed E-state index contributed by atoms with van der Waals surface area (Å²) in [6.45, 7) is 1.83. The summed E-state index contributed by atoms with van der Waals surface area (Å²) < 4.78 is 23.7. The molecule has 1 amide bonds. The van der Waals surface area contributed by atoms with E-state index >= 15 is 0 Å². The summed E-state index contributed by atoms with van der Waals surface area (Å²) in [5, 5.41) is 2.68. The molecule has 0 bridgehead atoms. The van der Waals surface area contributed by atoms with Gasteiger partial charge in [-0.2, -0.15) is 0 Å². The van der Waals surface area contributed by atoms with Crippen molar-refractivity contribution in [2.45, 2.75) is 13.5 Å². The Hall–Kier alpha value is -3.15. The van der Waals surface area contributed by atoms with Crippen molar-refractivity contribution < 1.29 is 18.3 Å². The van der Waals surface area contributed by atoms with Crippen LogP contribution in [0.25, 0.3) is 11.3 Å². The van der Waals surface area contributed by atoms with E-state index < -0.39 is 0 Å². The Bertz CT molecular complexity index is 845. The molecule has 25 heavy (non-hydrogen) atoms. The molecule has 0 saturated carbocycles. The summed E-state index contributed by atoms with van der Waals surface area (Å²) in [6.07, 6.45) is 0. The fourth-order valence-corrected chi connectivity index (χ4v) is 2.30. The highest BCUT2D eigenvalue weighted by molar-refractivity contribution is 5.77. The van der Waals surface area contributed by atoms with Crippen LogP contribution >= 0.6 is 0 Å². The number of nitrogens with one attached hydrogen (secondary N) is 1. The third-order valence-corrected chi connectivity index (χ3v) is 3.51. The molecule has 0 aliphatic carbocycles. The van der Waals surface area contributed by atoms with Gasteiger partial charge in [0.05, 0.1) is 6.54 Å². The second kappa shape index (κ2) is 7.61. The Morgan fingerprint density at radius 1 is 1.16 bits per heavy atom. The summed E-state index contributed by atoms with van der Waals surface area (Å²) in [5.41, 5.74) is 1.72. The number of hydrogen-bond donors (Lipinski definition) is 1. The second-order valence-corrected chi connectivity index (χ2v) is 5.40. The third-order valence-electron chi connectivity index (χ3n) is 3.51. The number of nitrogens with zero attached hydrogens (tertiary/aromatic N) is 1. The molecule has 1 N–H and O–H groups in total. The molecule has 5 nitrogen and oxygen atoms in total. The SMILES string of the molecule is Cc1oc(CNC(=O)COc2ccc(F)cc2)nc1-c1ccccc1. The largest absolute Gasteiger partial charge is 0.484 e. The van der Waals surface area contributed by atoms with Crippen molar-refractivity contribution in [3.8, 4) is 17.0 Å². The highest BCUT2D eigenvalue weighted by Crippen LogP contribution is 2.22. The molecular formula is C19H17FN2O3. The van der Waals surface area contributed by atoms with Crippen LogP contribution in [0.15, 0.2) is 59.0 Å². The zero-order valence-corrected chi connectivity index (χ0v) is 13.7. The van der Waals surface area contributed by atoms with Gasteiger partial charge >= 0.3 is 0 Å². The van der Waals surface area contributed by atoms with Crippen LogP contribution in [0.4, 0.5) is 4.39 Å². The Balaban J connectivity index is 1.53. The minimum absolute atomic E-state index is 0.166. The molecule has 0 aliphatic heterocycles. The molecule has 0 fully saturated rings. The van der Waals surface area contributed by atoms with Crippen molar-refractivity contribution in [3.63, 3.8) is 0 Å². The smallest absolute Gasteiger partial charge is 0.258 e. The molecule has 0 radical (unpaired) electrons. The van der Waals surface area contributed by atoms with Crippen LogP contribution in [0, 0.1) is 12.7 Å². The number of rotatable bonds is 6. The number of hydrogen-bond acceptors (Lipinski definition) is 4. The van der Waals surface area contributed by atoms with Gasteiger partial charge < -0.3 is 14.5 Å². The van der Waals surface area contributed by atoms with Crippen molar-refractivity contribution in [3.05, 3.63) is 72.1 Å². The highest BCUT2D eigenvalue weighted by atomic mass is 19.1. The molecule has 0 saturated heterocycles. The first-order valence-corrected chi connectivity index (χ1v) is 7.78. The molecular weight excluding hydrogens is 323 g/mol. The molecule has 1 heterocycles. The Morgan fingerprint density at radius 3 is 2.60 bits per heavy atom. The van der Waals surface area contributed by atoms with Gasteiger partial charge in [-0.15, -0.1) is 0 Å². The molecule has 6 heteroatoms. The van der Waals surface area contributed by atoms with Gasteiger partial charge in [-0.25, -0.2) is 9.37 Å². The minimum Gasteiger partial charge on any atom is -0.484 e. The highest BCUT2D eigenvalue weighted by Gasteiger charge is 2.12. The normalized spacial score (nSPS) is 10.5. The monoisotopic (exact) mass is 340 g/mol. The number of carbonyl (C=O) groups excluding carboxylic acids is 1. The van der Waals surface area contributed by atoms with Gasteiger partial charge in [0.2, 0.25) is 5.89 Å². The average molecular weight is 340 g/mol. The topological polar surface area (TPSA) is 64.4 Å². The van der Waals surface area contributed by atoms with Gasteiger partial charge in [0.25, 0.3) is 5.91 Å². The minimum atomic E-state index is -0.356.